The van der Waals surface area contributed by atoms with E-state index in [-0.39, 0.29) is 0 Å². The molecule has 4 heterocycles. The molecule has 0 aliphatic carbocycles. The highest BCUT2D eigenvalue weighted by molar-refractivity contribution is 4.97. The van der Waals surface area contributed by atoms with Gasteiger partial charge in [-0.2, -0.15) is 0 Å². The highest BCUT2D eigenvalue weighted by Gasteiger charge is 2.39. The maximum atomic E-state index is 3.96. The largest absolute Gasteiger partial charge is 0.312 e. The number of fused-ring (bicyclic) bond motifs is 2. The summed E-state index contributed by atoms with van der Waals surface area (Å²) in [5.41, 5.74) is 0. The highest BCUT2D eigenvalue weighted by Crippen LogP contribution is 2.32. The van der Waals surface area contributed by atoms with Crippen LogP contribution in [0, 0.1) is 11.8 Å². The van der Waals surface area contributed by atoms with Crippen molar-refractivity contribution in [2.75, 3.05) is 39.8 Å². The van der Waals surface area contributed by atoms with Gasteiger partial charge in [-0.1, -0.05) is 0 Å². The van der Waals surface area contributed by atoms with E-state index in [2.05, 4.69) is 34.4 Å². The molecule has 0 bridgehead atoms. The van der Waals surface area contributed by atoms with Gasteiger partial charge in [-0.05, 0) is 77.5 Å². The Kier molecular flexibility index (Phi) is 4.46. The van der Waals surface area contributed by atoms with E-state index in [4.69, 9.17) is 0 Å². The lowest BCUT2D eigenvalue weighted by molar-refractivity contribution is 0.115. The predicted octanol–water partition coefficient (Wildman–Crippen LogP) is 1.13. The van der Waals surface area contributed by atoms with Crippen LogP contribution in [0.1, 0.15) is 39.0 Å². The third-order valence-corrected chi connectivity index (χ3v) is 6.95. The zero-order chi connectivity index (χ0) is 15.1. The molecular formula is C18H34N4. The van der Waals surface area contributed by atoms with Crippen LogP contribution in [0.25, 0.3) is 0 Å². The Morgan fingerprint density at radius 3 is 2.82 bits per heavy atom. The second kappa shape index (κ2) is 6.39. The Bertz CT molecular complexity index is 387. The van der Waals surface area contributed by atoms with Crippen molar-refractivity contribution in [3.05, 3.63) is 0 Å². The van der Waals surface area contributed by atoms with Crippen molar-refractivity contribution in [2.24, 2.45) is 11.8 Å². The van der Waals surface area contributed by atoms with Crippen molar-refractivity contribution in [1.29, 1.82) is 0 Å². The highest BCUT2D eigenvalue weighted by atomic mass is 15.2. The fourth-order valence-corrected chi connectivity index (χ4v) is 5.55. The normalized spacial score (nSPS) is 44.7. The van der Waals surface area contributed by atoms with Gasteiger partial charge >= 0.3 is 0 Å². The van der Waals surface area contributed by atoms with Crippen LogP contribution in [-0.2, 0) is 0 Å². The summed E-state index contributed by atoms with van der Waals surface area (Å²) >= 11 is 0. The molecule has 0 aromatic carbocycles. The summed E-state index contributed by atoms with van der Waals surface area (Å²) in [6, 6.07) is 3.03. The summed E-state index contributed by atoms with van der Waals surface area (Å²) in [6.45, 7) is 8.88. The molecule has 4 aliphatic rings. The van der Waals surface area contributed by atoms with E-state index in [1.807, 2.05) is 0 Å². The van der Waals surface area contributed by atoms with Gasteiger partial charge in [-0.15, -0.1) is 0 Å². The van der Waals surface area contributed by atoms with Gasteiger partial charge in [0.1, 0.15) is 0 Å². The Morgan fingerprint density at radius 2 is 1.91 bits per heavy atom. The lowest BCUT2D eigenvalue weighted by Gasteiger charge is -2.39. The van der Waals surface area contributed by atoms with E-state index in [1.165, 1.54) is 64.8 Å². The molecule has 0 spiro atoms. The molecule has 6 atom stereocenters. The zero-order valence-electron chi connectivity index (χ0n) is 14.4. The Labute approximate surface area is 136 Å². The van der Waals surface area contributed by atoms with Gasteiger partial charge in [0, 0.05) is 37.3 Å². The van der Waals surface area contributed by atoms with Gasteiger partial charge in [-0.25, -0.2) is 0 Å². The number of rotatable bonds is 3. The van der Waals surface area contributed by atoms with Crippen LogP contribution >= 0.6 is 0 Å². The molecule has 4 aliphatic heterocycles. The van der Waals surface area contributed by atoms with Crippen molar-refractivity contribution in [3.8, 4) is 0 Å². The van der Waals surface area contributed by atoms with Crippen LogP contribution in [-0.4, -0.2) is 73.7 Å². The smallest absolute Gasteiger partial charge is 0.0226 e. The molecule has 4 fully saturated rings. The van der Waals surface area contributed by atoms with Crippen LogP contribution in [0.4, 0.5) is 0 Å². The summed E-state index contributed by atoms with van der Waals surface area (Å²) in [7, 11) is 2.27. The van der Waals surface area contributed by atoms with Gasteiger partial charge in [0.15, 0.2) is 0 Å². The number of likely N-dealkylation sites (N-methyl/N-ethyl adjacent to an activating group) is 1. The SMILES string of the molecule is CC(CC1C[C@H]2CCN(C)C[C@H]2N1)N1CC[C@H]2CCN[C@H]2C1. The summed E-state index contributed by atoms with van der Waals surface area (Å²) < 4.78 is 0. The molecule has 4 rings (SSSR count). The minimum absolute atomic E-state index is 0.735. The molecule has 4 saturated heterocycles. The fraction of sp³-hybridized carbons (Fsp3) is 1.00. The Morgan fingerprint density at radius 1 is 1.05 bits per heavy atom. The molecule has 2 N–H and O–H groups in total. The topological polar surface area (TPSA) is 30.5 Å². The van der Waals surface area contributed by atoms with Gasteiger partial charge < -0.3 is 15.5 Å². The number of nitrogens with one attached hydrogen (secondary N) is 2. The van der Waals surface area contributed by atoms with Crippen LogP contribution in [0.3, 0.4) is 0 Å². The van der Waals surface area contributed by atoms with Crippen LogP contribution < -0.4 is 10.6 Å². The lowest BCUT2D eigenvalue weighted by Crippen LogP contribution is -2.51. The maximum Gasteiger partial charge on any atom is 0.0226 e. The summed E-state index contributed by atoms with van der Waals surface area (Å²) in [4.78, 5) is 5.26. The van der Waals surface area contributed by atoms with Crippen molar-refractivity contribution < 1.29 is 0 Å². The molecule has 4 nitrogen and oxygen atoms in total. The zero-order valence-corrected chi connectivity index (χ0v) is 14.4. The second-order valence-corrected chi connectivity index (χ2v) is 8.49. The predicted molar refractivity (Wildman–Crippen MR) is 91.1 cm³/mol. The van der Waals surface area contributed by atoms with Crippen molar-refractivity contribution in [3.63, 3.8) is 0 Å². The third-order valence-electron chi connectivity index (χ3n) is 6.95. The first kappa shape index (κ1) is 15.4. The van der Waals surface area contributed by atoms with Gasteiger partial charge in [0.2, 0.25) is 0 Å². The molecule has 0 saturated carbocycles. The van der Waals surface area contributed by atoms with E-state index in [0.29, 0.717) is 0 Å². The minimum Gasteiger partial charge on any atom is -0.312 e. The van der Waals surface area contributed by atoms with E-state index in [1.54, 1.807) is 0 Å². The molecule has 0 radical (unpaired) electrons. The van der Waals surface area contributed by atoms with Crippen molar-refractivity contribution >= 4 is 0 Å². The number of likely N-dealkylation sites (tertiary alicyclic amines) is 2. The van der Waals surface area contributed by atoms with Crippen LogP contribution in [0.15, 0.2) is 0 Å². The number of piperidine rings is 2. The van der Waals surface area contributed by atoms with Gasteiger partial charge in [0.05, 0.1) is 0 Å². The first-order chi connectivity index (χ1) is 10.7. The average molecular weight is 306 g/mol. The Balaban J connectivity index is 1.28. The molecule has 2 unspecified atom stereocenters. The van der Waals surface area contributed by atoms with E-state index in [0.717, 1.165) is 36.0 Å². The maximum absolute atomic E-state index is 3.96. The quantitative estimate of drug-likeness (QED) is 0.818. The summed E-state index contributed by atoms with van der Waals surface area (Å²) in [6.07, 6.45) is 6.98. The second-order valence-electron chi connectivity index (χ2n) is 8.49. The number of hydrogen-bond acceptors (Lipinski definition) is 4. The molecule has 0 aromatic heterocycles. The lowest BCUT2D eigenvalue weighted by atomic mass is 9.89. The standard InChI is InChI=1S/C18H34N4/c1-13(22-8-5-14-3-6-19-17(14)12-22)9-16-10-15-4-7-21(2)11-18(15)20-16/h13-20H,3-12H2,1-2H3/t13?,14-,15-,16?,17+,18-/m1/s1. The van der Waals surface area contributed by atoms with E-state index >= 15 is 0 Å². The Hall–Kier alpha value is -0.160. The third kappa shape index (κ3) is 3.08. The molecule has 4 heteroatoms. The first-order valence-electron chi connectivity index (χ1n) is 9.61. The number of hydrogen-bond donors (Lipinski definition) is 2. The van der Waals surface area contributed by atoms with E-state index < -0.39 is 0 Å². The van der Waals surface area contributed by atoms with Crippen molar-refractivity contribution in [2.45, 2.75) is 63.2 Å². The molecule has 126 valence electrons. The number of nitrogens with zero attached hydrogens (tertiary/aromatic N) is 2. The van der Waals surface area contributed by atoms with E-state index in [9.17, 15) is 0 Å². The molecule has 22 heavy (non-hydrogen) atoms. The van der Waals surface area contributed by atoms with Gasteiger partial charge in [0.25, 0.3) is 0 Å². The van der Waals surface area contributed by atoms with Crippen molar-refractivity contribution in [1.82, 2.24) is 20.4 Å². The van der Waals surface area contributed by atoms with Crippen LogP contribution in [0.2, 0.25) is 0 Å². The molecule has 0 amide bonds. The fourth-order valence-electron chi connectivity index (χ4n) is 5.55. The monoisotopic (exact) mass is 306 g/mol. The van der Waals surface area contributed by atoms with Crippen LogP contribution in [0.5, 0.6) is 0 Å². The summed E-state index contributed by atoms with van der Waals surface area (Å²) in [5, 5.41) is 7.68. The van der Waals surface area contributed by atoms with Gasteiger partial charge in [-0.3, -0.25) is 4.90 Å². The average Bonchev–Trinajstić information content (AvgIpc) is 3.11. The summed E-state index contributed by atoms with van der Waals surface area (Å²) in [5.74, 6) is 1.90. The first-order valence-corrected chi connectivity index (χ1v) is 9.61. The molecule has 0 aromatic rings. The molecular weight excluding hydrogens is 272 g/mol. The minimum atomic E-state index is 0.735.